The Bertz CT molecular complexity index is 861. The predicted octanol–water partition coefficient (Wildman–Crippen LogP) is 3.06. The maximum absolute atomic E-state index is 13.6. The van der Waals surface area contributed by atoms with E-state index < -0.39 is 17.6 Å². The van der Waals surface area contributed by atoms with Crippen LogP contribution in [0.1, 0.15) is 26.6 Å². The van der Waals surface area contributed by atoms with Crippen LogP contribution in [0, 0.1) is 5.82 Å². The molecule has 0 radical (unpaired) electrons. The molecule has 24 heavy (non-hydrogen) atoms. The van der Waals surface area contributed by atoms with Crippen molar-refractivity contribution in [1.29, 1.82) is 0 Å². The van der Waals surface area contributed by atoms with Gasteiger partial charge < -0.3 is 9.73 Å². The summed E-state index contributed by atoms with van der Waals surface area (Å²) < 4.78 is 18.7. The van der Waals surface area contributed by atoms with E-state index in [0.29, 0.717) is 5.76 Å². The van der Waals surface area contributed by atoms with Crippen LogP contribution < -0.4 is 10.6 Å². The molecule has 0 aliphatic rings. The molecule has 122 valence electrons. The molecule has 0 saturated heterocycles. The van der Waals surface area contributed by atoms with Gasteiger partial charge in [-0.05, 0) is 24.3 Å². The molecule has 0 atom stereocenters. The monoisotopic (exact) mass is 345 g/mol. The lowest BCUT2D eigenvalue weighted by Crippen LogP contribution is -2.23. The Labute approximate surface area is 140 Å². The van der Waals surface area contributed by atoms with Crippen molar-refractivity contribution in [2.24, 2.45) is 0 Å². The molecule has 2 heterocycles. The summed E-state index contributed by atoms with van der Waals surface area (Å²) in [5.74, 6) is -1.02. The van der Waals surface area contributed by atoms with Crippen molar-refractivity contribution in [3.8, 4) is 0 Å². The second kappa shape index (κ2) is 7.05. The first-order chi connectivity index (χ1) is 11.6. The first-order valence-corrected chi connectivity index (χ1v) is 7.83. The van der Waals surface area contributed by atoms with Gasteiger partial charge in [0.25, 0.3) is 11.8 Å². The SMILES string of the molecule is O=C(NCc1ccco1)c1csc(NC(=O)c2ccccc2F)n1. The molecule has 1 aromatic carbocycles. The average Bonchev–Trinajstić information content (AvgIpc) is 3.24. The lowest BCUT2D eigenvalue weighted by atomic mass is 10.2. The van der Waals surface area contributed by atoms with Gasteiger partial charge in [-0.1, -0.05) is 12.1 Å². The topological polar surface area (TPSA) is 84.2 Å². The van der Waals surface area contributed by atoms with Crippen LogP contribution in [0.3, 0.4) is 0 Å². The molecular formula is C16H12FN3O3S. The summed E-state index contributed by atoms with van der Waals surface area (Å²) in [6.45, 7) is 0.236. The number of halogens is 1. The van der Waals surface area contributed by atoms with Crippen molar-refractivity contribution in [2.75, 3.05) is 5.32 Å². The summed E-state index contributed by atoms with van der Waals surface area (Å²) in [5.41, 5.74) is 0.0758. The number of anilines is 1. The molecule has 0 aliphatic carbocycles. The number of aromatic nitrogens is 1. The molecule has 8 heteroatoms. The van der Waals surface area contributed by atoms with E-state index in [0.717, 1.165) is 11.3 Å². The third-order valence-electron chi connectivity index (χ3n) is 3.08. The van der Waals surface area contributed by atoms with Crippen LogP contribution in [0.5, 0.6) is 0 Å². The number of hydrogen-bond acceptors (Lipinski definition) is 5. The summed E-state index contributed by atoms with van der Waals surface area (Å²) in [5, 5.41) is 6.84. The van der Waals surface area contributed by atoms with E-state index in [4.69, 9.17) is 4.42 Å². The van der Waals surface area contributed by atoms with E-state index in [9.17, 15) is 14.0 Å². The molecule has 0 spiro atoms. The minimum Gasteiger partial charge on any atom is -0.467 e. The Morgan fingerprint density at radius 3 is 2.75 bits per heavy atom. The third kappa shape index (κ3) is 3.66. The van der Waals surface area contributed by atoms with E-state index >= 15 is 0 Å². The Morgan fingerprint density at radius 1 is 1.17 bits per heavy atom. The number of thiazole rings is 1. The lowest BCUT2D eigenvalue weighted by Gasteiger charge is -2.02. The summed E-state index contributed by atoms with van der Waals surface area (Å²) >= 11 is 1.08. The lowest BCUT2D eigenvalue weighted by molar-refractivity contribution is 0.0942. The van der Waals surface area contributed by atoms with Crippen LogP contribution in [0.25, 0.3) is 0 Å². The van der Waals surface area contributed by atoms with Gasteiger partial charge in [-0.3, -0.25) is 14.9 Å². The molecule has 6 nitrogen and oxygen atoms in total. The van der Waals surface area contributed by atoms with E-state index in [2.05, 4.69) is 15.6 Å². The van der Waals surface area contributed by atoms with E-state index in [1.165, 1.54) is 29.8 Å². The molecule has 2 N–H and O–H groups in total. The molecule has 0 bridgehead atoms. The highest BCUT2D eigenvalue weighted by Crippen LogP contribution is 2.17. The van der Waals surface area contributed by atoms with Crippen LogP contribution in [-0.4, -0.2) is 16.8 Å². The van der Waals surface area contributed by atoms with Crippen molar-refractivity contribution >= 4 is 28.3 Å². The van der Waals surface area contributed by atoms with Crippen molar-refractivity contribution in [3.05, 3.63) is 70.9 Å². The van der Waals surface area contributed by atoms with E-state index in [1.54, 1.807) is 18.2 Å². The minimum absolute atomic E-state index is 0.0866. The Balaban J connectivity index is 1.62. The molecule has 3 aromatic rings. The second-order valence-electron chi connectivity index (χ2n) is 4.73. The molecule has 2 amide bonds. The number of carbonyl (C=O) groups excluding carboxylic acids is 2. The first-order valence-electron chi connectivity index (χ1n) is 6.95. The largest absolute Gasteiger partial charge is 0.467 e. The number of nitrogens with zero attached hydrogens (tertiary/aromatic N) is 1. The smallest absolute Gasteiger partial charge is 0.271 e. The number of carbonyl (C=O) groups is 2. The van der Waals surface area contributed by atoms with Crippen LogP contribution in [0.4, 0.5) is 9.52 Å². The number of rotatable bonds is 5. The number of amides is 2. The number of furan rings is 1. The van der Waals surface area contributed by atoms with Gasteiger partial charge in [0.2, 0.25) is 0 Å². The standard InChI is InChI=1S/C16H12FN3O3S/c17-12-6-2-1-5-11(12)14(21)20-16-19-13(9-24-16)15(22)18-8-10-4-3-7-23-10/h1-7,9H,8H2,(H,18,22)(H,19,20,21). The molecule has 0 unspecified atom stereocenters. The van der Waals surface area contributed by atoms with Gasteiger partial charge in [-0.25, -0.2) is 9.37 Å². The van der Waals surface area contributed by atoms with Gasteiger partial charge in [0.15, 0.2) is 5.13 Å². The molecule has 3 rings (SSSR count). The first kappa shape index (κ1) is 15.9. The van der Waals surface area contributed by atoms with Crippen LogP contribution >= 0.6 is 11.3 Å². The van der Waals surface area contributed by atoms with E-state index in [-0.39, 0.29) is 22.9 Å². The van der Waals surface area contributed by atoms with Gasteiger partial charge in [-0.2, -0.15) is 0 Å². The number of nitrogens with one attached hydrogen (secondary N) is 2. The Hall–Kier alpha value is -3.00. The highest BCUT2D eigenvalue weighted by molar-refractivity contribution is 7.14. The molecule has 0 aliphatic heterocycles. The maximum Gasteiger partial charge on any atom is 0.271 e. The average molecular weight is 345 g/mol. The van der Waals surface area contributed by atoms with Crippen LogP contribution in [-0.2, 0) is 6.54 Å². The minimum atomic E-state index is -0.622. The van der Waals surface area contributed by atoms with Gasteiger partial charge in [0, 0.05) is 5.38 Å². The van der Waals surface area contributed by atoms with Crippen molar-refractivity contribution in [3.63, 3.8) is 0 Å². The molecule has 0 saturated carbocycles. The second-order valence-corrected chi connectivity index (χ2v) is 5.59. The van der Waals surface area contributed by atoms with Crippen LogP contribution in [0.2, 0.25) is 0 Å². The Morgan fingerprint density at radius 2 is 2.00 bits per heavy atom. The zero-order valence-corrected chi connectivity index (χ0v) is 13.1. The fourth-order valence-electron chi connectivity index (χ4n) is 1.92. The highest BCUT2D eigenvalue weighted by atomic mass is 32.1. The number of hydrogen-bond donors (Lipinski definition) is 2. The quantitative estimate of drug-likeness (QED) is 0.744. The summed E-state index contributed by atoms with van der Waals surface area (Å²) in [4.78, 5) is 28.0. The molecular weight excluding hydrogens is 333 g/mol. The fraction of sp³-hybridized carbons (Fsp3) is 0.0625. The normalized spacial score (nSPS) is 10.4. The zero-order valence-electron chi connectivity index (χ0n) is 12.3. The predicted molar refractivity (Wildman–Crippen MR) is 86.3 cm³/mol. The fourth-order valence-corrected chi connectivity index (χ4v) is 2.60. The molecule has 2 aromatic heterocycles. The summed E-state index contributed by atoms with van der Waals surface area (Å²) in [6, 6.07) is 9.09. The van der Waals surface area contributed by atoms with Gasteiger partial charge in [0.1, 0.15) is 17.3 Å². The molecule has 0 fully saturated rings. The Kier molecular flexibility index (Phi) is 4.66. The van der Waals surface area contributed by atoms with Gasteiger partial charge in [0.05, 0.1) is 18.4 Å². The van der Waals surface area contributed by atoms with E-state index in [1.807, 2.05) is 0 Å². The summed E-state index contributed by atoms with van der Waals surface area (Å²) in [6.07, 6.45) is 1.51. The third-order valence-corrected chi connectivity index (χ3v) is 3.84. The zero-order chi connectivity index (χ0) is 16.9. The number of benzene rings is 1. The van der Waals surface area contributed by atoms with Crippen molar-refractivity contribution in [1.82, 2.24) is 10.3 Å². The van der Waals surface area contributed by atoms with Gasteiger partial charge in [-0.15, -0.1) is 11.3 Å². The van der Waals surface area contributed by atoms with Crippen molar-refractivity contribution in [2.45, 2.75) is 6.54 Å². The summed E-state index contributed by atoms with van der Waals surface area (Å²) in [7, 11) is 0. The highest BCUT2D eigenvalue weighted by Gasteiger charge is 2.15. The maximum atomic E-state index is 13.6. The van der Waals surface area contributed by atoms with Crippen LogP contribution in [0.15, 0.2) is 52.5 Å². The van der Waals surface area contributed by atoms with Gasteiger partial charge >= 0.3 is 0 Å². The van der Waals surface area contributed by atoms with Crippen molar-refractivity contribution < 1.29 is 18.4 Å².